The van der Waals surface area contributed by atoms with Crippen LogP contribution in [0, 0.1) is 0 Å². The van der Waals surface area contributed by atoms with E-state index in [0.29, 0.717) is 10.9 Å². The van der Waals surface area contributed by atoms with Gasteiger partial charge in [-0.15, -0.1) is 0 Å². The van der Waals surface area contributed by atoms with Crippen molar-refractivity contribution in [3.8, 4) is 0 Å². The van der Waals surface area contributed by atoms with Gasteiger partial charge in [0.15, 0.2) is 0 Å². The Kier molecular flexibility index (Phi) is 7.52. The molecule has 0 N–H and O–H groups in total. The van der Waals surface area contributed by atoms with Crippen molar-refractivity contribution < 1.29 is 23.0 Å². The number of phosphoric acid groups is 1. The molecule has 0 aliphatic rings. The molecule has 0 fully saturated rings. The molecule has 0 aromatic rings. The first-order valence-corrected chi connectivity index (χ1v) is 7.87. The number of nitrogens with zero attached hydrogens (tertiary/aromatic N) is 1. The summed E-state index contributed by atoms with van der Waals surface area (Å²) in [4.78, 5) is 11.6. The second kappa shape index (κ2) is 7.49. The normalized spacial score (nSPS) is 17.8. The van der Waals surface area contributed by atoms with E-state index in [-0.39, 0.29) is 12.8 Å². The zero-order valence-electron chi connectivity index (χ0n) is 11.6. The van der Waals surface area contributed by atoms with Gasteiger partial charge in [0.25, 0.3) is 7.82 Å². The molecule has 0 rings (SSSR count). The fourth-order valence-corrected chi connectivity index (χ4v) is 3.21. The predicted molar refractivity (Wildman–Crippen MR) is 66.3 cm³/mol. The van der Waals surface area contributed by atoms with Crippen molar-refractivity contribution >= 4 is 7.82 Å². The van der Waals surface area contributed by atoms with Crippen LogP contribution in [-0.4, -0.2) is 37.0 Å². The summed E-state index contributed by atoms with van der Waals surface area (Å²) in [5.74, 6) is 0. The van der Waals surface area contributed by atoms with E-state index in [2.05, 4.69) is 25.3 Å². The molecule has 0 aliphatic carbocycles. The molecule has 17 heavy (non-hydrogen) atoms. The molecule has 6 heteroatoms. The third-order valence-corrected chi connectivity index (χ3v) is 4.46. The summed E-state index contributed by atoms with van der Waals surface area (Å²) in [7, 11) is -4.17. The summed E-state index contributed by atoms with van der Waals surface area (Å²) < 4.78 is 22.1. The molecule has 0 saturated heterocycles. The SMILES string of the molecule is CCOP(=O)([O-])OC(CC)[N+](CC)(CC)CC. The van der Waals surface area contributed by atoms with Crippen molar-refractivity contribution in [2.75, 3.05) is 26.2 Å². The van der Waals surface area contributed by atoms with E-state index in [4.69, 9.17) is 4.52 Å². The van der Waals surface area contributed by atoms with Gasteiger partial charge < -0.3 is 9.42 Å². The second-order valence-corrected chi connectivity index (χ2v) is 5.36. The topological polar surface area (TPSA) is 58.6 Å². The summed E-state index contributed by atoms with van der Waals surface area (Å²) in [6, 6.07) is 0. The summed E-state index contributed by atoms with van der Waals surface area (Å²) >= 11 is 0. The van der Waals surface area contributed by atoms with Crippen LogP contribution in [-0.2, 0) is 13.6 Å². The molecular formula is C11H26NO4P. The molecule has 0 bridgehead atoms. The van der Waals surface area contributed by atoms with Crippen LogP contribution in [0.15, 0.2) is 0 Å². The third-order valence-electron chi connectivity index (χ3n) is 3.39. The van der Waals surface area contributed by atoms with Crippen LogP contribution in [0.3, 0.4) is 0 Å². The van der Waals surface area contributed by atoms with Crippen molar-refractivity contribution in [2.45, 2.75) is 47.3 Å². The highest BCUT2D eigenvalue weighted by Crippen LogP contribution is 2.42. The summed E-state index contributed by atoms with van der Waals surface area (Å²) in [5, 5.41) is 0. The molecule has 0 spiro atoms. The Morgan fingerprint density at radius 1 is 1.12 bits per heavy atom. The van der Waals surface area contributed by atoms with Crippen LogP contribution in [0.25, 0.3) is 0 Å². The average molecular weight is 267 g/mol. The Balaban J connectivity index is 4.87. The minimum Gasteiger partial charge on any atom is -0.756 e. The lowest BCUT2D eigenvalue weighted by Crippen LogP contribution is -2.56. The Morgan fingerprint density at radius 3 is 1.88 bits per heavy atom. The van der Waals surface area contributed by atoms with Gasteiger partial charge in [0.1, 0.15) is 0 Å². The van der Waals surface area contributed by atoms with Gasteiger partial charge in [0.05, 0.1) is 26.2 Å². The standard InChI is InChI=1S/C11H26NO4P/c1-6-11(12(7-2,8-3)9-4)16-17(13,14)15-10-5/h11H,6-10H2,1-5H3. The number of phosphoric ester groups is 1. The molecule has 0 aromatic heterocycles. The van der Waals surface area contributed by atoms with Gasteiger partial charge in [-0.1, -0.05) is 6.92 Å². The zero-order chi connectivity index (χ0) is 13.5. The first-order chi connectivity index (χ1) is 7.91. The fraction of sp³-hybridized carbons (Fsp3) is 1.00. The van der Waals surface area contributed by atoms with Crippen molar-refractivity contribution in [3.05, 3.63) is 0 Å². The minimum absolute atomic E-state index is 0.113. The maximum absolute atomic E-state index is 11.6. The van der Waals surface area contributed by atoms with E-state index in [0.717, 1.165) is 19.6 Å². The van der Waals surface area contributed by atoms with E-state index < -0.39 is 7.82 Å². The van der Waals surface area contributed by atoms with Gasteiger partial charge in [-0.3, -0.25) is 13.6 Å². The van der Waals surface area contributed by atoms with Gasteiger partial charge in [0, 0.05) is 6.42 Å². The number of quaternary nitrogens is 1. The second-order valence-electron chi connectivity index (χ2n) is 4.00. The van der Waals surface area contributed by atoms with Gasteiger partial charge in [0.2, 0.25) is 6.23 Å². The predicted octanol–water partition coefficient (Wildman–Crippen LogP) is 2.12. The molecule has 0 saturated carbocycles. The van der Waals surface area contributed by atoms with E-state index in [1.165, 1.54) is 0 Å². The fourth-order valence-electron chi connectivity index (χ4n) is 2.18. The Morgan fingerprint density at radius 2 is 1.59 bits per heavy atom. The molecule has 0 heterocycles. The first-order valence-electron chi connectivity index (χ1n) is 6.41. The van der Waals surface area contributed by atoms with Crippen molar-refractivity contribution in [3.63, 3.8) is 0 Å². The van der Waals surface area contributed by atoms with E-state index in [1.807, 2.05) is 6.92 Å². The van der Waals surface area contributed by atoms with Crippen molar-refractivity contribution in [2.24, 2.45) is 0 Å². The highest BCUT2D eigenvalue weighted by Gasteiger charge is 2.34. The monoisotopic (exact) mass is 267 g/mol. The highest BCUT2D eigenvalue weighted by molar-refractivity contribution is 7.45. The molecule has 0 aliphatic heterocycles. The number of rotatable bonds is 9. The van der Waals surface area contributed by atoms with Crippen molar-refractivity contribution in [1.82, 2.24) is 0 Å². The van der Waals surface area contributed by atoms with Crippen LogP contribution >= 0.6 is 7.82 Å². The molecule has 0 radical (unpaired) electrons. The van der Waals surface area contributed by atoms with Gasteiger partial charge in [-0.2, -0.15) is 0 Å². The van der Waals surface area contributed by atoms with Gasteiger partial charge >= 0.3 is 0 Å². The molecule has 2 unspecified atom stereocenters. The molecule has 104 valence electrons. The lowest BCUT2D eigenvalue weighted by molar-refractivity contribution is -0.964. The van der Waals surface area contributed by atoms with Gasteiger partial charge in [-0.05, 0) is 27.7 Å². The molecule has 0 amide bonds. The maximum atomic E-state index is 11.6. The summed E-state index contributed by atoms with van der Waals surface area (Å²) in [5.41, 5.74) is 0. The van der Waals surface area contributed by atoms with Crippen LogP contribution in [0.5, 0.6) is 0 Å². The largest absolute Gasteiger partial charge is 0.756 e. The Labute approximate surface area is 105 Å². The first kappa shape index (κ1) is 17.1. The van der Waals surface area contributed by atoms with Crippen molar-refractivity contribution in [1.29, 1.82) is 0 Å². The van der Waals surface area contributed by atoms with Gasteiger partial charge in [-0.25, -0.2) is 0 Å². The quantitative estimate of drug-likeness (QED) is 0.365. The smallest absolute Gasteiger partial charge is 0.272 e. The van der Waals surface area contributed by atoms with E-state index >= 15 is 0 Å². The van der Waals surface area contributed by atoms with Crippen LogP contribution < -0.4 is 4.89 Å². The Bertz CT molecular complexity index is 248. The molecular weight excluding hydrogens is 241 g/mol. The lowest BCUT2D eigenvalue weighted by atomic mass is 10.2. The molecule has 2 atom stereocenters. The van der Waals surface area contributed by atoms with Crippen LogP contribution in [0.4, 0.5) is 0 Å². The minimum atomic E-state index is -4.17. The highest BCUT2D eigenvalue weighted by atomic mass is 31.2. The lowest BCUT2D eigenvalue weighted by Gasteiger charge is -2.43. The van der Waals surface area contributed by atoms with E-state index in [9.17, 15) is 9.46 Å². The average Bonchev–Trinajstić information content (AvgIpc) is 2.30. The van der Waals surface area contributed by atoms with Crippen LogP contribution in [0.2, 0.25) is 0 Å². The summed E-state index contributed by atoms with van der Waals surface area (Å²) in [6.07, 6.45) is 0.291. The number of hydrogen-bond acceptors (Lipinski definition) is 4. The molecule has 0 aromatic carbocycles. The van der Waals surface area contributed by atoms with E-state index in [1.54, 1.807) is 6.92 Å². The number of hydrogen-bond donors (Lipinski definition) is 0. The molecule has 5 nitrogen and oxygen atoms in total. The summed E-state index contributed by atoms with van der Waals surface area (Å²) in [6.45, 7) is 12.4. The third kappa shape index (κ3) is 4.68. The Hall–Kier alpha value is 0.0700. The zero-order valence-corrected chi connectivity index (χ0v) is 12.5. The van der Waals surface area contributed by atoms with Crippen LogP contribution in [0.1, 0.15) is 41.0 Å². The maximum Gasteiger partial charge on any atom is 0.272 e.